The van der Waals surface area contributed by atoms with Gasteiger partial charge in [0.1, 0.15) is 17.8 Å². The van der Waals surface area contributed by atoms with Gasteiger partial charge in [-0.25, -0.2) is 14.4 Å². The first-order valence-corrected chi connectivity index (χ1v) is 52.2. The zero-order valence-corrected chi connectivity index (χ0v) is 77.3. The standard InChI is InChI=1S/C49H84N2O8Si.C44H76N2O6Si/c1-14-60(15-2,16-3)59-41-40-38(32(6)28-33(55-40)39(31(4)5)57-42(52)50-24-17-25-50)46(12)22-23-49-30-48(49)21-20-36(45(10,11)34(48)18-19-35(49)47(41,46)13)56-37-29-51(26-27-54-37)43(53)58-44(7,8)9;1-11-53(12-2,13-3)52-38-37-35(29(6)25-30(49-37)36(28(4)5)51-39(47)46-22-14-23-46)41(9)19-20-44-27-43(44)18-17-33(50-34-26-45-21-24-48-34)40(7,8)31(43)15-16-32(44)42(38,41)10/h31-41H,14-30H2,1-13H3;28-38,45H,11-27H2,1-10H3/t32-,33-,34+,35+,36+,37+,38+,39-,40+,41+,46-,47-,48-,49+;29-,30-,31+,32+,33+,34+,35+,36-,37+,38+,41-,42-,43-,44+/m11/s1. The molecule has 113 heavy (non-hydrogen) atoms. The van der Waals surface area contributed by atoms with Crippen molar-refractivity contribution in [3.05, 3.63) is 0 Å². The summed E-state index contributed by atoms with van der Waals surface area (Å²) >= 11 is 0. The van der Waals surface area contributed by atoms with Gasteiger partial charge in [-0.05, 0) is 275 Å². The average molecular weight is 1610 g/mol. The summed E-state index contributed by atoms with van der Waals surface area (Å²) in [6.45, 7) is 61.7. The van der Waals surface area contributed by atoms with Crippen LogP contribution in [0.5, 0.6) is 0 Å². The zero-order valence-electron chi connectivity index (χ0n) is 75.3. The van der Waals surface area contributed by atoms with Gasteiger partial charge >= 0.3 is 18.3 Å². The fourth-order valence-corrected chi connectivity index (χ4v) is 37.1. The maximum absolute atomic E-state index is 13.3. The molecule has 0 radical (unpaired) electrons. The largest absolute Gasteiger partial charge is 0.444 e. The summed E-state index contributed by atoms with van der Waals surface area (Å²) in [5.74, 6) is 4.57. The number of carbonyl (C=O) groups excluding carboxylic acids is 3. The fraction of sp³-hybridized carbons (Fsp3) is 0.968. The SMILES string of the molecule is CC[Si](CC)(CC)O[C@H]1[C@H]2O[C@@H]([C@H](OC(=O)N3CCC3)C(C)C)C[C@@H](C)[C@@H]2[C@@]2(C)CC[C@@]34C[C@@]35CC[C@H](O[C@H]3CN(C(=O)OC(C)(C)C)CCO3)C(C)(C)[C@@H]5CC[C@H]4[C@]12C.CC[Si](CC)(CC)O[C@H]1[C@H]2O[C@@H]([C@H](OC(=O)N3CCC3)C(C)C)C[C@@H](C)[C@@H]2[C@@]2(C)CC[C@@]34C[C@@]35CC[C@H](O[C@H]3CNCCO3)C(C)(C)[C@@H]5CC[C@H]4[C@]12C. The van der Waals surface area contributed by atoms with E-state index >= 15 is 0 Å². The van der Waals surface area contributed by atoms with Crippen LogP contribution in [0.2, 0.25) is 36.3 Å². The molecule has 10 saturated carbocycles. The number of hydrogen-bond acceptors (Lipinski definition) is 15. The van der Waals surface area contributed by atoms with Crippen molar-refractivity contribution in [2.24, 2.45) is 113 Å². The third-order valence-electron chi connectivity index (χ3n) is 38.0. The van der Waals surface area contributed by atoms with E-state index in [0.29, 0.717) is 88.7 Å². The minimum Gasteiger partial charge on any atom is -0.444 e. The minimum absolute atomic E-state index is 0.00637. The van der Waals surface area contributed by atoms with Crippen LogP contribution in [0.15, 0.2) is 0 Å². The van der Waals surface area contributed by atoms with Gasteiger partial charge in [-0.15, -0.1) is 0 Å². The Morgan fingerprint density at radius 1 is 0.496 bits per heavy atom. The maximum Gasteiger partial charge on any atom is 0.410 e. The highest BCUT2D eigenvalue weighted by Crippen LogP contribution is 2.92. The summed E-state index contributed by atoms with van der Waals surface area (Å²) in [6, 6.07) is 6.83. The van der Waals surface area contributed by atoms with E-state index in [1.807, 2.05) is 30.6 Å². The molecular formula is C93H160N4O14Si2. The van der Waals surface area contributed by atoms with E-state index < -0.39 is 28.5 Å². The van der Waals surface area contributed by atoms with Gasteiger partial charge in [0.15, 0.2) is 29.2 Å². The van der Waals surface area contributed by atoms with Crippen LogP contribution in [0, 0.1) is 113 Å². The highest BCUT2D eigenvalue weighted by atomic mass is 28.4. The maximum atomic E-state index is 13.3. The molecule has 3 amide bonds. The van der Waals surface area contributed by atoms with Crippen LogP contribution < -0.4 is 5.32 Å². The molecule has 1 N–H and O–H groups in total. The molecule has 6 saturated heterocycles. The first kappa shape index (κ1) is 85.8. The predicted octanol–water partition coefficient (Wildman–Crippen LogP) is 19.7. The van der Waals surface area contributed by atoms with Crippen LogP contribution in [-0.2, 0) is 51.5 Å². The number of rotatable bonds is 20. The molecule has 0 aromatic carbocycles. The molecule has 16 fully saturated rings. The summed E-state index contributed by atoms with van der Waals surface area (Å²) in [5, 5.41) is 3.48. The van der Waals surface area contributed by atoms with E-state index in [9.17, 15) is 14.4 Å². The monoisotopic (exact) mass is 1610 g/mol. The molecule has 28 atom stereocenters. The topological polar surface area (TPSA) is 174 Å². The van der Waals surface area contributed by atoms with Crippen molar-refractivity contribution in [1.82, 2.24) is 20.0 Å². The third-order valence-corrected chi connectivity index (χ3v) is 47.3. The molecule has 6 aliphatic heterocycles. The Labute approximate surface area is 686 Å². The van der Waals surface area contributed by atoms with Gasteiger partial charge in [-0.2, -0.15) is 0 Å². The molecule has 644 valence electrons. The first-order chi connectivity index (χ1) is 53.3. The van der Waals surface area contributed by atoms with Crippen molar-refractivity contribution in [2.75, 3.05) is 65.6 Å². The van der Waals surface area contributed by atoms with E-state index in [0.717, 1.165) is 121 Å². The third kappa shape index (κ3) is 13.4. The molecule has 6 heterocycles. The van der Waals surface area contributed by atoms with Crippen LogP contribution >= 0.6 is 0 Å². The van der Waals surface area contributed by atoms with Gasteiger partial charge in [0.05, 0.1) is 68.6 Å². The summed E-state index contributed by atoms with van der Waals surface area (Å²) < 4.78 is 75.7. The molecule has 20 heteroatoms. The highest BCUT2D eigenvalue weighted by molar-refractivity contribution is 6.74. The van der Waals surface area contributed by atoms with Crippen molar-refractivity contribution in [2.45, 2.75) is 390 Å². The Morgan fingerprint density at radius 2 is 0.894 bits per heavy atom. The summed E-state index contributed by atoms with van der Waals surface area (Å²) in [4.78, 5) is 45.1. The molecule has 16 rings (SSSR count). The van der Waals surface area contributed by atoms with Crippen molar-refractivity contribution in [3.63, 3.8) is 0 Å². The molecule has 0 bridgehead atoms. The number of nitrogens with one attached hydrogen (secondary N) is 1. The number of nitrogens with zero attached hydrogens (tertiary/aromatic N) is 3. The lowest BCUT2D eigenvalue weighted by molar-refractivity contribution is -0.246. The van der Waals surface area contributed by atoms with Gasteiger partial charge < -0.3 is 71.5 Å². The van der Waals surface area contributed by atoms with Gasteiger partial charge in [0, 0.05) is 56.6 Å². The Hall–Kier alpha value is -2.12. The Bertz CT molecular complexity index is 3390. The van der Waals surface area contributed by atoms with E-state index in [-0.39, 0.29) is 130 Å². The zero-order chi connectivity index (χ0) is 81.2. The minimum atomic E-state index is -2.06. The number of fused-ring (bicyclic) bond motifs is 8. The molecule has 0 aromatic heterocycles. The number of ether oxygens (including phenoxy) is 9. The summed E-state index contributed by atoms with van der Waals surface area (Å²) in [7, 11) is -4.07. The second-order valence-electron chi connectivity index (χ2n) is 44.6. The van der Waals surface area contributed by atoms with Gasteiger partial charge in [-0.3, -0.25) is 0 Å². The molecular weight excluding hydrogens is 1450 g/mol. The van der Waals surface area contributed by atoms with Crippen molar-refractivity contribution in [3.8, 4) is 0 Å². The van der Waals surface area contributed by atoms with Crippen LogP contribution in [0.1, 0.15) is 275 Å². The predicted molar refractivity (Wildman–Crippen MR) is 447 cm³/mol. The summed E-state index contributed by atoms with van der Waals surface area (Å²) in [5.41, 5.74) is 1.19. The molecule has 18 nitrogen and oxygen atoms in total. The lowest BCUT2D eigenvalue weighted by Gasteiger charge is -2.64. The van der Waals surface area contributed by atoms with Crippen LogP contribution in [0.4, 0.5) is 14.4 Å². The average Bonchev–Trinajstić information content (AvgIpc) is 1.46. The van der Waals surface area contributed by atoms with E-state index in [1.165, 1.54) is 77.0 Å². The number of hydrogen-bond donors (Lipinski definition) is 1. The van der Waals surface area contributed by atoms with Crippen molar-refractivity contribution in [1.29, 1.82) is 0 Å². The van der Waals surface area contributed by atoms with Crippen molar-refractivity contribution >= 4 is 34.9 Å². The highest BCUT2D eigenvalue weighted by Gasteiger charge is 2.88. The fourth-order valence-electron chi connectivity index (χ4n) is 31.2. The Morgan fingerprint density at radius 3 is 1.27 bits per heavy atom. The summed E-state index contributed by atoms with van der Waals surface area (Å²) in [6.07, 6.45) is 20.0. The molecule has 0 unspecified atom stereocenters. The van der Waals surface area contributed by atoms with Crippen LogP contribution in [0.3, 0.4) is 0 Å². The van der Waals surface area contributed by atoms with Crippen LogP contribution in [-0.4, -0.2) is 194 Å². The molecule has 10 aliphatic carbocycles. The smallest absolute Gasteiger partial charge is 0.410 e. The molecule has 16 aliphatic rings. The lowest BCUT2D eigenvalue weighted by atomic mass is 9.41. The number of carbonyl (C=O) groups is 3. The Balaban J connectivity index is 0.000000180. The molecule has 0 aromatic rings. The first-order valence-electron chi connectivity index (χ1n) is 47.1. The van der Waals surface area contributed by atoms with Crippen molar-refractivity contribution < 1.29 is 65.9 Å². The second kappa shape index (κ2) is 30.7. The lowest BCUT2D eigenvalue weighted by Crippen LogP contribution is -2.61. The quantitative estimate of drug-likeness (QED) is 0.0900. The Kier molecular flexibility index (Phi) is 23.3. The van der Waals surface area contributed by atoms with E-state index in [4.69, 9.17) is 51.5 Å². The number of likely N-dealkylation sites (tertiary alicyclic amines) is 2. The number of amides is 3. The van der Waals surface area contributed by atoms with E-state index in [2.05, 4.69) is 144 Å². The number of morpholine rings is 2. The van der Waals surface area contributed by atoms with Gasteiger partial charge in [-0.1, -0.05) is 138 Å². The second-order valence-corrected chi connectivity index (χ2v) is 54.1. The molecule has 4 spiro atoms. The van der Waals surface area contributed by atoms with Gasteiger partial charge in [0.25, 0.3) is 0 Å². The van der Waals surface area contributed by atoms with Crippen LogP contribution in [0.25, 0.3) is 0 Å². The normalized spacial score (nSPS) is 45.6. The van der Waals surface area contributed by atoms with Gasteiger partial charge in [0.2, 0.25) is 0 Å². The van der Waals surface area contributed by atoms with E-state index in [1.54, 1.807) is 4.90 Å².